The molecule has 25 heavy (non-hydrogen) atoms. The van der Waals surface area contributed by atoms with Crippen LogP contribution in [0.5, 0.6) is 5.75 Å². The molecule has 3 nitrogen and oxygen atoms in total. The number of hydrogen-bond acceptors (Lipinski definition) is 2. The van der Waals surface area contributed by atoms with Gasteiger partial charge in [0.05, 0.1) is 12.8 Å². The number of hydrogen-bond donors (Lipinski definition) is 0. The second-order valence-corrected chi connectivity index (χ2v) is 6.51. The van der Waals surface area contributed by atoms with Gasteiger partial charge in [-0.2, -0.15) is 0 Å². The van der Waals surface area contributed by atoms with Crippen molar-refractivity contribution >= 4 is 11.8 Å². The fourth-order valence-electron chi connectivity index (χ4n) is 3.30. The molecular weight excluding hydrogens is 310 g/mol. The number of aldehydes is 1. The van der Waals surface area contributed by atoms with Crippen LogP contribution in [0.2, 0.25) is 0 Å². The molecule has 3 heteroatoms. The Balaban J connectivity index is 2.20. The van der Waals surface area contributed by atoms with Crippen molar-refractivity contribution in [2.45, 2.75) is 39.5 Å². The van der Waals surface area contributed by atoms with Crippen LogP contribution in [0.3, 0.4) is 0 Å². The second-order valence-electron chi connectivity index (χ2n) is 6.51. The van der Waals surface area contributed by atoms with Gasteiger partial charge in [0.25, 0.3) is 0 Å². The lowest BCUT2D eigenvalue weighted by atomic mass is 9.93. The van der Waals surface area contributed by atoms with Crippen molar-refractivity contribution < 1.29 is 9.53 Å². The third kappa shape index (κ3) is 3.07. The van der Waals surface area contributed by atoms with Gasteiger partial charge in [-0.15, -0.1) is 0 Å². The van der Waals surface area contributed by atoms with Crippen LogP contribution in [0, 0.1) is 0 Å². The van der Waals surface area contributed by atoms with E-state index in [9.17, 15) is 4.79 Å². The van der Waals surface area contributed by atoms with Gasteiger partial charge in [-0.05, 0) is 59.7 Å². The fraction of sp³-hybridized carbons (Fsp3) is 0.318. The number of aromatic nitrogens is 1. The molecule has 2 aromatic heterocycles. The molecular formula is C22H25NO2. The molecule has 1 aromatic carbocycles. The van der Waals surface area contributed by atoms with E-state index in [0.29, 0.717) is 11.6 Å². The van der Waals surface area contributed by atoms with E-state index >= 15 is 0 Å². The molecule has 3 aromatic rings. The van der Waals surface area contributed by atoms with Crippen molar-refractivity contribution in [3.05, 3.63) is 59.4 Å². The number of nitrogens with zero attached hydrogens (tertiary/aromatic N) is 1. The summed E-state index contributed by atoms with van der Waals surface area (Å²) in [6.45, 7) is 6.49. The first-order valence-electron chi connectivity index (χ1n) is 8.90. The predicted octanol–water partition coefficient (Wildman–Crippen LogP) is 5.50. The van der Waals surface area contributed by atoms with Gasteiger partial charge >= 0.3 is 0 Å². The monoisotopic (exact) mass is 335 g/mol. The van der Waals surface area contributed by atoms with Crippen LogP contribution in [0.4, 0.5) is 0 Å². The Morgan fingerprint density at radius 2 is 1.96 bits per heavy atom. The largest absolute Gasteiger partial charge is 0.496 e. The van der Waals surface area contributed by atoms with E-state index in [-0.39, 0.29) is 0 Å². The average molecular weight is 335 g/mol. The Kier molecular flexibility index (Phi) is 4.93. The number of carbonyl (C=O) groups excluding carboxylic acids is 1. The maximum Gasteiger partial charge on any atom is 0.167 e. The smallest absolute Gasteiger partial charge is 0.167 e. The highest BCUT2D eigenvalue weighted by atomic mass is 16.5. The summed E-state index contributed by atoms with van der Waals surface area (Å²) in [5.41, 5.74) is 6.16. The minimum atomic E-state index is 0.401. The van der Waals surface area contributed by atoms with Crippen molar-refractivity contribution in [3.8, 4) is 16.9 Å². The van der Waals surface area contributed by atoms with Crippen molar-refractivity contribution in [3.63, 3.8) is 0 Å². The van der Waals surface area contributed by atoms with Crippen LogP contribution in [-0.2, 0) is 6.42 Å². The number of aryl methyl sites for hydroxylation is 1. The van der Waals surface area contributed by atoms with Crippen LogP contribution >= 0.6 is 0 Å². The van der Waals surface area contributed by atoms with E-state index < -0.39 is 0 Å². The molecule has 1 unspecified atom stereocenters. The van der Waals surface area contributed by atoms with Crippen LogP contribution in [0.15, 0.2) is 42.6 Å². The normalized spacial score (nSPS) is 12.3. The molecule has 2 heterocycles. The van der Waals surface area contributed by atoms with E-state index in [1.54, 1.807) is 7.11 Å². The van der Waals surface area contributed by atoms with Gasteiger partial charge in [-0.1, -0.05) is 32.9 Å². The number of ether oxygens (including phenoxy) is 1. The molecule has 0 aliphatic rings. The van der Waals surface area contributed by atoms with Gasteiger partial charge in [0.2, 0.25) is 0 Å². The number of rotatable bonds is 6. The van der Waals surface area contributed by atoms with Gasteiger partial charge in [0.15, 0.2) is 6.29 Å². The lowest BCUT2D eigenvalue weighted by Crippen LogP contribution is -1.98. The van der Waals surface area contributed by atoms with Gasteiger partial charge in [0, 0.05) is 17.3 Å². The van der Waals surface area contributed by atoms with Crippen molar-refractivity contribution in [1.29, 1.82) is 0 Å². The maximum atomic E-state index is 11.8. The van der Waals surface area contributed by atoms with E-state index in [4.69, 9.17) is 4.74 Å². The summed E-state index contributed by atoms with van der Waals surface area (Å²) >= 11 is 0. The van der Waals surface area contributed by atoms with Crippen LogP contribution in [0.1, 0.15) is 54.7 Å². The van der Waals surface area contributed by atoms with Gasteiger partial charge in [-0.3, -0.25) is 4.79 Å². The lowest BCUT2D eigenvalue weighted by molar-refractivity contribution is 0.111. The van der Waals surface area contributed by atoms with Crippen molar-refractivity contribution in [1.82, 2.24) is 4.40 Å². The Labute approximate surface area is 149 Å². The minimum Gasteiger partial charge on any atom is -0.496 e. The zero-order valence-electron chi connectivity index (χ0n) is 15.4. The highest BCUT2D eigenvalue weighted by Crippen LogP contribution is 2.35. The van der Waals surface area contributed by atoms with E-state index in [1.165, 1.54) is 11.1 Å². The van der Waals surface area contributed by atoms with E-state index in [2.05, 4.69) is 51.2 Å². The molecule has 130 valence electrons. The fourth-order valence-corrected chi connectivity index (χ4v) is 3.30. The van der Waals surface area contributed by atoms with Crippen LogP contribution in [0.25, 0.3) is 16.6 Å². The molecule has 0 aliphatic heterocycles. The Bertz CT molecular complexity index is 908. The summed E-state index contributed by atoms with van der Waals surface area (Å²) in [6.07, 6.45) is 5.00. The summed E-state index contributed by atoms with van der Waals surface area (Å²) in [5, 5.41) is 0. The zero-order valence-corrected chi connectivity index (χ0v) is 15.4. The first-order chi connectivity index (χ1) is 12.1. The Hall–Kier alpha value is -2.55. The standard InChI is InChI=1S/C22H25NO2/c1-5-15(3)19-11-17(8-10-22(19)25-4)20-12-18-9-7-16(6-2)13-23(18)21(20)14-24/h7-15H,5-6H2,1-4H3. The van der Waals surface area contributed by atoms with Gasteiger partial charge < -0.3 is 9.14 Å². The highest BCUT2D eigenvalue weighted by molar-refractivity contribution is 5.90. The van der Waals surface area contributed by atoms with E-state index in [0.717, 1.165) is 41.5 Å². The lowest BCUT2D eigenvalue weighted by Gasteiger charge is -2.15. The number of pyridine rings is 1. The van der Waals surface area contributed by atoms with Crippen LogP contribution < -0.4 is 4.74 Å². The number of fused-ring (bicyclic) bond motifs is 1. The Morgan fingerprint density at radius 1 is 1.16 bits per heavy atom. The summed E-state index contributed by atoms with van der Waals surface area (Å²) in [6, 6.07) is 12.5. The quantitative estimate of drug-likeness (QED) is 0.557. The molecule has 3 rings (SSSR count). The molecule has 0 bridgehead atoms. The molecule has 0 saturated heterocycles. The summed E-state index contributed by atoms with van der Waals surface area (Å²) < 4.78 is 7.52. The SMILES string of the molecule is CCc1ccc2cc(-c3ccc(OC)c(C(C)CC)c3)c(C=O)n2c1. The molecule has 0 N–H and O–H groups in total. The van der Waals surface area contributed by atoms with E-state index in [1.807, 2.05) is 16.5 Å². The van der Waals surface area contributed by atoms with Crippen LogP contribution in [-0.4, -0.2) is 17.8 Å². The third-order valence-corrected chi connectivity index (χ3v) is 5.07. The number of methoxy groups -OCH3 is 1. The summed E-state index contributed by atoms with van der Waals surface area (Å²) in [5.74, 6) is 1.31. The Morgan fingerprint density at radius 3 is 2.60 bits per heavy atom. The predicted molar refractivity (Wildman–Crippen MR) is 103 cm³/mol. The summed E-state index contributed by atoms with van der Waals surface area (Å²) in [7, 11) is 1.71. The molecule has 0 spiro atoms. The maximum absolute atomic E-state index is 11.8. The number of carbonyl (C=O) groups is 1. The van der Waals surface area contributed by atoms with Crippen molar-refractivity contribution in [2.24, 2.45) is 0 Å². The first-order valence-corrected chi connectivity index (χ1v) is 8.90. The topological polar surface area (TPSA) is 30.7 Å². The third-order valence-electron chi connectivity index (χ3n) is 5.07. The van der Waals surface area contributed by atoms with Crippen molar-refractivity contribution in [2.75, 3.05) is 7.11 Å². The van der Waals surface area contributed by atoms with Gasteiger partial charge in [0.1, 0.15) is 5.75 Å². The number of benzene rings is 1. The minimum absolute atomic E-state index is 0.401. The molecule has 0 fully saturated rings. The molecule has 0 amide bonds. The van der Waals surface area contributed by atoms with Gasteiger partial charge in [-0.25, -0.2) is 0 Å². The average Bonchev–Trinajstić information content (AvgIpc) is 3.04. The molecule has 0 saturated carbocycles. The highest BCUT2D eigenvalue weighted by Gasteiger charge is 2.16. The second kappa shape index (κ2) is 7.14. The molecule has 0 radical (unpaired) electrons. The first kappa shape index (κ1) is 17.3. The summed E-state index contributed by atoms with van der Waals surface area (Å²) in [4.78, 5) is 11.8. The zero-order chi connectivity index (χ0) is 18.0. The molecule has 0 aliphatic carbocycles. The molecule has 1 atom stereocenters.